The Kier molecular flexibility index (Phi) is 3.83. The normalized spacial score (nSPS) is 13.2. The molecule has 1 aliphatic carbocycles. The van der Waals surface area contributed by atoms with Crippen LogP contribution in [0, 0.1) is 6.92 Å². The first-order valence-corrected chi connectivity index (χ1v) is 7.77. The van der Waals surface area contributed by atoms with Gasteiger partial charge >= 0.3 is 0 Å². The summed E-state index contributed by atoms with van der Waals surface area (Å²) in [6, 6.07) is 6.10. The van der Waals surface area contributed by atoms with Crippen molar-refractivity contribution in [1.82, 2.24) is 9.97 Å². The van der Waals surface area contributed by atoms with Gasteiger partial charge < -0.3 is 0 Å². The molecule has 0 saturated heterocycles. The Morgan fingerprint density at radius 1 is 1.20 bits per heavy atom. The van der Waals surface area contributed by atoms with Crippen LogP contribution >= 0.6 is 11.8 Å². The van der Waals surface area contributed by atoms with Gasteiger partial charge in [-0.25, -0.2) is 9.97 Å². The lowest BCUT2D eigenvalue weighted by molar-refractivity contribution is 0.102. The summed E-state index contributed by atoms with van der Waals surface area (Å²) in [5.41, 5.74) is 4.58. The standard InChI is InChI=1S/C16H16N2OS/c1-11-8-17-16(18-9-11)20-10-15(19)14-6-5-12-3-2-4-13(12)7-14/h5-9H,2-4,10H2,1H3. The van der Waals surface area contributed by atoms with Crippen molar-refractivity contribution < 1.29 is 4.79 Å². The van der Waals surface area contributed by atoms with Crippen LogP contribution in [0.3, 0.4) is 0 Å². The number of aromatic nitrogens is 2. The van der Waals surface area contributed by atoms with Crippen LogP contribution in [0.4, 0.5) is 0 Å². The van der Waals surface area contributed by atoms with E-state index in [1.54, 1.807) is 12.4 Å². The molecular weight excluding hydrogens is 268 g/mol. The van der Waals surface area contributed by atoms with Gasteiger partial charge in [0, 0.05) is 18.0 Å². The third kappa shape index (κ3) is 2.90. The fourth-order valence-corrected chi connectivity index (χ4v) is 3.10. The Hall–Kier alpha value is -1.68. The smallest absolute Gasteiger partial charge is 0.187 e. The maximum absolute atomic E-state index is 12.2. The fraction of sp³-hybridized carbons (Fsp3) is 0.312. The number of hydrogen-bond acceptors (Lipinski definition) is 4. The maximum atomic E-state index is 12.2. The Morgan fingerprint density at radius 3 is 2.75 bits per heavy atom. The van der Waals surface area contributed by atoms with Crippen molar-refractivity contribution in [2.45, 2.75) is 31.3 Å². The topological polar surface area (TPSA) is 42.9 Å². The van der Waals surface area contributed by atoms with Gasteiger partial charge in [-0.15, -0.1) is 0 Å². The van der Waals surface area contributed by atoms with Gasteiger partial charge in [0.15, 0.2) is 10.9 Å². The van der Waals surface area contributed by atoms with E-state index in [2.05, 4.69) is 22.1 Å². The zero-order valence-electron chi connectivity index (χ0n) is 11.4. The number of carbonyl (C=O) groups is 1. The zero-order valence-corrected chi connectivity index (χ0v) is 12.2. The summed E-state index contributed by atoms with van der Waals surface area (Å²) in [5.74, 6) is 0.538. The van der Waals surface area contributed by atoms with Gasteiger partial charge in [0.1, 0.15) is 0 Å². The minimum absolute atomic E-state index is 0.147. The molecule has 20 heavy (non-hydrogen) atoms. The van der Waals surface area contributed by atoms with E-state index in [0.29, 0.717) is 10.9 Å². The first-order valence-electron chi connectivity index (χ1n) is 6.79. The first-order chi connectivity index (χ1) is 9.72. The summed E-state index contributed by atoms with van der Waals surface area (Å²) in [6.45, 7) is 1.95. The number of fused-ring (bicyclic) bond motifs is 1. The number of ketones is 1. The molecule has 0 unspecified atom stereocenters. The number of aryl methyl sites for hydroxylation is 3. The van der Waals surface area contributed by atoms with E-state index >= 15 is 0 Å². The summed E-state index contributed by atoms with van der Waals surface area (Å²) in [7, 11) is 0. The molecule has 0 saturated carbocycles. The van der Waals surface area contributed by atoms with Crippen LogP contribution in [-0.4, -0.2) is 21.5 Å². The monoisotopic (exact) mass is 284 g/mol. The maximum Gasteiger partial charge on any atom is 0.187 e. The van der Waals surface area contributed by atoms with Crippen molar-refractivity contribution in [3.63, 3.8) is 0 Å². The second-order valence-electron chi connectivity index (χ2n) is 5.09. The number of Topliss-reactive ketones (excluding diaryl/α,β-unsaturated/α-hetero) is 1. The van der Waals surface area contributed by atoms with E-state index in [1.807, 2.05) is 13.0 Å². The van der Waals surface area contributed by atoms with Crippen LogP contribution in [0.5, 0.6) is 0 Å². The SMILES string of the molecule is Cc1cnc(SCC(=O)c2ccc3c(c2)CCC3)nc1. The van der Waals surface area contributed by atoms with Crippen LogP contribution in [0.25, 0.3) is 0 Å². The van der Waals surface area contributed by atoms with E-state index in [4.69, 9.17) is 0 Å². The summed E-state index contributed by atoms with van der Waals surface area (Å²) in [5, 5.41) is 0.658. The number of rotatable bonds is 4. The van der Waals surface area contributed by atoms with E-state index in [9.17, 15) is 4.79 Å². The molecule has 0 atom stereocenters. The second-order valence-corrected chi connectivity index (χ2v) is 6.03. The largest absolute Gasteiger partial charge is 0.293 e. The minimum atomic E-state index is 0.147. The third-order valence-electron chi connectivity index (χ3n) is 3.51. The van der Waals surface area contributed by atoms with Crippen LogP contribution in [0.2, 0.25) is 0 Å². The van der Waals surface area contributed by atoms with E-state index < -0.39 is 0 Å². The van der Waals surface area contributed by atoms with Gasteiger partial charge in [0.25, 0.3) is 0 Å². The lowest BCUT2D eigenvalue weighted by Gasteiger charge is -2.04. The van der Waals surface area contributed by atoms with Crippen LogP contribution in [0.1, 0.15) is 33.5 Å². The third-order valence-corrected chi connectivity index (χ3v) is 4.39. The molecule has 1 aromatic carbocycles. The lowest BCUT2D eigenvalue weighted by Crippen LogP contribution is -2.04. The van der Waals surface area contributed by atoms with Crippen molar-refractivity contribution in [3.8, 4) is 0 Å². The minimum Gasteiger partial charge on any atom is -0.293 e. The molecule has 0 spiro atoms. The molecule has 0 bridgehead atoms. The molecule has 3 nitrogen and oxygen atoms in total. The van der Waals surface area contributed by atoms with E-state index in [1.165, 1.54) is 29.3 Å². The molecule has 1 aliphatic rings. The molecule has 0 amide bonds. The van der Waals surface area contributed by atoms with Gasteiger partial charge in [0.2, 0.25) is 0 Å². The molecule has 0 aliphatic heterocycles. The molecule has 2 aromatic rings. The van der Waals surface area contributed by atoms with Gasteiger partial charge in [0.05, 0.1) is 5.75 Å². The highest BCUT2D eigenvalue weighted by molar-refractivity contribution is 7.99. The van der Waals surface area contributed by atoms with Gasteiger partial charge in [-0.3, -0.25) is 4.79 Å². The van der Waals surface area contributed by atoms with Crippen molar-refractivity contribution in [2.24, 2.45) is 0 Å². The van der Waals surface area contributed by atoms with Gasteiger partial charge in [-0.05, 0) is 48.9 Å². The predicted molar refractivity (Wildman–Crippen MR) is 80.3 cm³/mol. The summed E-state index contributed by atoms with van der Waals surface area (Å²) >= 11 is 1.39. The summed E-state index contributed by atoms with van der Waals surface area (Å²) in [6.07, 6.45) is 7.00. The summed E-state index contributed by atoms with van der Waals surface area (Å²) < 4.78 is 0. The first kappa shape index (κ1) is 13.3. The number of hydrogen-bond donors (Lipinski definition) is 0. The highest BCUT2D eigenvalue weighted by Gasteiger charge is 2.14. The average Bonchev–Trinajstić information content (AvgIpc) is 2.93. The fourth-order valence-electron chi connectivity index (χ4n) is 2.41. The van der Waals surface area contributed by atoms with Crippen LogP contribution in [0.15, 0.2) is 35.7 Å². The number of nitrogens with zero attached hydrogens (tertiary/aromatic N) is 2. The van der Waals surface area contributed by atoms with Crippen molar-refractivity contribution in [2.75, 3.05) is 5.75 Å². The molecule has 0 radical (unpaired) electrons. The second kappa shape index (κ2) is 5.75. The van der Waals surface area contributed by atoms with Crippen molar-refractivity contribution in [1.29, 1.82) is 0 Å². The predicted octanol–water partition coefficient (Wildman–Crippen LogP) is 3.25. The van der Waals surface area contributed by atoms with E-state index in [0.717, 1.165) is 24.0 Å². The molecule has 1 aromatic heterocycles. The highest BCUT2D eigenvalue weighted by Crippen LogP contribution is 2.24. The molecule has 102 valence electrons. The quantitative estimate of drug-likeness (QED) is 0.491. The molecule has 0 N–H and O–H groups in total. The van der Waals surface area contributed by atoms with Gasteiger partial charge in [-0.1, -0.05) is 23.9 Å². The Morgan fingerprint density at radius 2 is 1.95 bits per heavy atom. The van der Waals surface area contributed by atoms with E-state index in [-0.39, 0.29) is 5.78 Å². The van der Waals surface area contributed by atoms with Gasteiger partial charge in [-0.2, -0.15) is 0 Å². The summed E-state index contributed by atoms with van der Waals surface area (Å²) in [4.78, 5) is 20.6. The Balaban J connectivity index is 1.66. The number of carbonyl (C=O) groups excluding carboxylic acids is 1. The highest BCUT2D eigenvalue weighted by atomic mass is 32.2. The number of benzene rings is 1. The number of thioether (sulfide) groups is 1. The van der Waals surface area contributed by atoms with Crippen molar-refractivity contribution in [3.05, 3.63) is 52.8 Å². The van der Waals surface area contributed by atoms with Crippen LogP contribution < -0.4 is 0 Å². The Labute approximate surface area is 122 Å². The molecule has 3 rings (SSSR count). The zero-order chi connectivity index (χ0) is 13.9. The molecular formula is C16H16N2OS. The lowest BCUT2D eigenvalue weighted by atomic mass is 10.0. The van der Waals surface area contributed by atoms with Crippen molar-refractivity contribution >= 4 is 17.5 Å². The molecule has 0 fully saturated rings. The van der Waals surface area contributed by atoms with Crippen LogP contribution in [-0.2, 0) is 12.8 Å². The Bertz CT molecular complexity index is 637. The average molecular weight is 284 g/mol. The molecule has 1 heterocycles. The molecule has 4 heteroatoms.